The van der Waals surface area contributed by atoms with Crippen molar-refractivity contribution in [3.8, 4) is 29.0 Å². The Labute approximate surface area is 256 Å². The van der Waals surface area contributed by atoms with E-state index in [4.69, 9.17) is 15.2 Å². The molecule has 0 bridgehead atoms. The Hall–Kier alpha value is -5.32. The lowest BCUT2D eigenvalue weighted by atomic mass is 10.2. The van der Waals surface area contributed by atoms with Crippen LogP contribution in [0.25, 0.3) is 5.69 Å². The largest absolute Gasteiger partial charge is 0.453 e. The molecule has 0 atom stereocenters. The summed E-state index contributed by atoms with van der Waals surface area (Å²) < 4.78 is 41.8. The zero-order valence-electron chi connectivity index (χ0n) is 24.5. The van der Waals surface area contributed by atoms with Crippen molar-refractivity contribution in [3.63, 3.8) is 0 Å². The van der Waals surface area contributed by atoms with Gasteiger partial charge in [-0.25, -0.2) is 23.1 Å². The summed E-state index contributed by atoms with van der Waals surface area (Å²) in [5.74, 6) is 3.93. The highest BCUT2D eigenvalue weighted by Crippen LogP contribution is 2.30. The van der Waals surface area contributed by atoms with Crippen LogP contribution in [0.4, 0.5) is 20.3 Å². The molecule has 0 saturated carbocycles. The smallest absolute Gasteiger partial charge is 0.335 e. The minimum absolute atomic E-state index is 0.0275. The maximum Gasteiger partial charge on any atom is 0.335 e. The second-order valence-corrected chi connectivity index (χ2v) is 10.4. The fourth-order valence-corrected chi connectivity index (χ4v) is 4.56. The maximum absolute atomic E-state index is 15.2. The number of halogens is 2. The number of amides is 1. The lowest BCUT2D eigenvalue weighted by Crippen LogP contribution is -2.42. The van der Waals surface area contributed by atoms with Crippen LogP contribution in [0.3, 0.4) is 0 Å². The van der Waals surface area contributed by atoms with Crippen LogP contribution in [0.15, 0.2) is 70.5 Å². The summed E-state index contributed by atoms with van der Waals surface area (Å²) in [4.78, 5) is 45.8. The average molecular weight is 617 g/mol. The summed E-state index contributed by atoms with van der Waals surface area (Å²) in [6.07, 6.45) is 2.56. The molecule has 11 nitrogen and oxygen atoms in total. The summed E-state index contributed by atoms with van der Waals surface area (Å²) in [5, 5.41) is 2.49. The molecule has 1 amide bonds. The Bertz CT molecular complexity index is 1900. The van der Waals surface area contributed by atoms with Crippen LogP contribution < -0.4 is 27.0 Å². The molecule has 232 valence electrons. The van der Waals surface area contributed by atoms with Crippen LogP contribution in [-0.4, -0.2) is 57.8 Å². The Balaban J connectivity index is 1.38. The summed E-state index contributed by atoms with van der Waals surface area (Å²) in [7, 11) is 0. The van der Waals surface area contributed by atoms with Crippen LogP contribution in [0, 0.1) is 23.5 Å². The fourth-order valence-electron chi connectivity index (χ4n) is 4.56. The monoisotopic (exact) mass is 616 g/mol. The lowest BCUT2D eigenvalue weighted by molar-refractivity contribution is 0.0443. The number of carbonyl (C=O) groups is 1. The van der Waals surface area contributed by atoms with Crippen molar-refractivity contribution >= 4 is 17.4 Å². The Morgan fingerprint density at radius 1 is 1.09 bits per heavy atom. The van der Waals surface area contributed by atoms with E-state index in [9.17, 15) is 18.8 Å². The molecule has 1 aliphatic rings. The van der Waals surface area contributed by atoms with E-state index in [1.165, 1.54) is 41.1 Å². The predicted molar refractivity (Wildman–Crippen MR) is 164 cm³/mol. The Morgan fingerprint density at radius 3 is 2.51 bits per heavy atom. The van der Waals surface area contributed by atoms with Crippen LogP contribution in [0.1, 0.15) is 35.8 Å². The third-order valence-electron chi connectivity index (χ3n) is 6.97. The molecule has 3 heterocycles. The van der Waals surface area contributed by atoms with Crippen LogP contribution in [0.5, 0.6) is 11.5 Å². The van der Waals surface area contributed by atoms with Gasteiger partial charge in [0, 0.05) is 49.3 Å². The van der Waals surface area contributed by atoms with Crippen LogP contribution in [0.2, 0.25) is 0 Å². The zero-order chi connectivity index (χ0) is 32.1. The van der Waals surface area contributed by atoms with Crippen molar-refractivity contribution < 1.29 is 23.0 Å². The number of aromatic nitrogens is 3. The number of nitrogen functional groups attached to an aromatic ring is 1. The van der Waals surface area contributed by atoms with E-state index in [1.807, 2.05) is 0 Å². The number of benzene rings is 2. The molecule has 3 N–H and O–H groups in total. The number of pyridine rings is 1. The van der Waals surface area contributed by atoms with Gasteiger partial charge in [-0.2, -0.15) is 0 Å². The van der Waals surface area contributed by atoms with E-state index in [1.54, 1.807) is 13.8 Å². The van der Waals surface area contributed by atoms with E-state index >= 15 is 4.39 Å². The fraction of sp³-hybridized carbons (Fsp3) is 0.250. The molecule has 2 aromatic heterocycles. The number of nitrogens with two attached hydrogens (primary N) is 1. The molecule has 4 aromatic rings. The molecular formula is C32H30F2N6O5. The molecule has 0 aliphatic carbocycles. The highest BCUT2D eigenvalue weighted by molar-refractivity contribution is 6.03. The molecule has 1 fully saturated rings. The summed E-state index contributed by atoms with van der Waals surface area (Å²) in [5.41, 5.74) is 4.47. The Kier molecular flexibility index (Phi) is 9.36. The molecule has 13 heteroatoms. The highest BCUT2D eigenvalue weighted by Gasteiger charge is 2.21. The third-order valence-corrected chi connectivity index (χ3v) is 6.97. The number of rotatable bonds is 7. The SMILES string of the molecule is CC(C)n1cc(C(=O)Nc2ccc(Oc3ccnc(N)c3C#CCN3CCOCC3)c(F)c2)c(=O)n(-c2ccc(F)cc2)c1=O. The standard InChI is InChI=1S/C32H30F2N6O5/c1-20(2)39-19-25(31(42)40(32(39)43)23-8-5-21(33)6-9-23)30(41)37-22-7-10-28(26(34)18-22)45-27-11-12-36-29(35)24(27)4-3-13-38-14-16-44-17-15-38/h5-12,18-20H,13-17H2,1-2H3,(H2,35,36)(H,37,41). The molecule has 1 aliphatic heterocycles. The van der Waals surface area contributed by atoms with Gasteiger partial charge in [0.25, 0.3) is 11.5 Å². The second kappa shape index (κ2) is 13.5. The minimum atomic E-state index is -0.918. The number of hydrogen-bond acceptors (Lipinski definition) is 8. The van der Waals surface area contributed by atoms with Crippen molar-refractivity contribution in [2.24, 2.45) is 0 Å². The number of anilines is 2. The first-order valence-corrected chi connectivity index (χ1v) is 14.1. The molecule has 0 unspecified atom stereocenters. The van der Waals surface area contributed by atoms with Crippen LogP contribution in [-0.2, 0) is 4.74 Å². The molecule has 0 spiro atoms. The van der Waals surface area contributed by atoms with Gasteiger partial charge in [-0.05, 0) is 50.2 Å². The first kappa shape index (κ1) is 31.1. The van der Waals surface area contributed by atoms with Crippen molar-refractivity contribution in [2.45, 2.75) is 19.9 Å². The molecular weight excluding hydrogens is 586 g/mol. The Morgan fingerprint density at radius 2 is 1.82 bits per heavy atom. The third kappa shape index (κ3) is 7.09. The maximum atomic E-state index is 15.2. The molecule has 45 heavy (non-hydrogen) atoms. The van der Waals surface area contributed by atoms with E-state index in [0.717, 1.165) is 42.1 Å². The predicted octanol–water partition coefficient (Wildman–Crippen LogP) is 3.56. The number of nitrogens with zero attached hydrogens (tertiary/aromatic N) is 4. The normalized spacial score (nSPS) is 13.3. The second-order valence-electron chi connectivity index (χ2n) is 10.4. The summed E-state index contributed by atoms with van der Waals surface area (Å²) in [6.45, 7) is 6.70. The first-order valence-electron chi connectivity index (χ1n) is 14.1. The van der Waals surface area contributed by atoms with Gasteiger partial charge in [-0.15, -0.1) is 0 Å². The van der Waals surface area contributed by atoms with Gasteiger partial charge in [-0.3, -0.25) is 19.1 Å². The van der Waals surface area contributed by atoms with Crippen molar-refractivity contribution in [2.75, 3.05) is 43.9 Å². The van der Waals surface area contributed by atoms with Gasteiger partial charge >= 0.3 is 5.69 Å². The molecule has 1 saturated heterocycles. The van der Waals surface area contributed by atoms with Gasteiger partial charge in [0.15, 0.2) is 11.6 Å². The van der Waals surface area contributed by atoms with Gasteiger partial charge in [0.1, 0.15) is 28.5 Å². The van der Waals surface area contributed by atoms with Crippen molar-refractivity contribution in [1.29, 1.82) is 0 Å². The van der Waals surface area contributed by atoms with E-state index in [-0.39, 0.29) is 34.3 Å². The van der Waals surface area contributed by atoms with E-state index < -0.39 is 34.8 Å². The quantitative estimate of drug-likeness (QED) is 0.301. The minimum Gasteiger partial charge on any atom is -0.453 e. The van der Waals surface area contributed by atoms with Gasteiger partial charge in [0.05, 0.1) is 25.4 Å². The highest BCUT2D eigenvalue weighted by atomic mass is 19.1. The zero-order valence-corrected chi connectivity index (χ0v) is 24.5. The van der Waals surface area contributed by atoms with Gasteiger partial charge in [0.2, 0.25) is 0 Å². The molecule has 2 aromatic carbocycles. The van der Waals surface area contributed by atoms with E-state index in [0.29, 0.717) is 25.3 Å². The summed E-state index contributed by atoms with van der Waals surface area (Å²) in [6, 6.07) is 9.54. The number of carbonyl (C=O) groups excluding carboxylic acids is 1. The number of morpholine rings is 1. The van der Waals surface area contributed by atoms with Crippen molar-refractivity contribution in [3.05, 3.63) is 105 Å². The first-order chi connectivity index (χ1) is 21.6. The average Bonchev–Trinajstić information content (AvgIpc) is 3.01. The van der Waals surface area contributed by atoms with Crippen molar-refractivity contribution in [1.82, 2.24) is 19.0 Å². The van der Waals surface area contributed by atoms with Gasteiger partial charge < -0.3 is 20.5 Å². The lowest BCUT2D eigenvalue weighted by Gasteiger charge is -2.24. The van der Waals surface area contributed by atoms with Gasteiger partial charge in [-0.1, -0.05) is 11.8 Å². The molecule has 5 rings (SSSR count). The molecule has 0 radical (unpaired) electrons. The number of hydrogen-bond donors (Lipinski definition) is 2. The van der Waals surface area contributed by atoms with E-state index in [2.05, 4.69) is 27.0 Å². The van der Waals surface area contributed by atoms with Crippen LogP contribution >= 0.6 is 0 Å². The number of nitrogens with one attached hydrogen (secondary N) is 1. The topological polar surface area (TPSA) is 134 Å². The summed E-state index contributed by atoms with van der Waals surface area (Å²) >= 11 is 0. The number of ether oxygens (including phenoxy) is 2.